The Bertz CT molecular complexity index is 614. The van der Waals surface area contributed by atoms with E-state index in [9.17, 15) is 9.18 Å². The van der Waals surface area contributed by atoms with Gasteiger partial charge in [0.25, 0.3) is 5.91 Å². The molecule has 7 heteroatoms. The highest BCUT2D eigenvalue weighted by atomic mass is 32.1. The zero-order chi connectivity index (χ0) is 14.4. The number of nitrogens with one attached hydrogen (secondary N) is 1. The number of carbonyl (C=O) groups excluding carboxylic acids is 1. The van der Waals surface area contributed by atoms with Crippen LogP contribution in [-0.2, 0) is 9.63 Å². The second kappa shape index (κ2) is 6.67. The van der Waals surface area contributed by atoms with Gasteiger partial charge in [-0.2, -0.15) is 0 Å². The Morgan fingerprint density at radius 1 is 1.40 bits per heavy atom. The van der Waals surface area contributed by atoms with E-state index < -0.39 is 11.7 Å². The Morgan fingerprint density at radius 3 is 2.95 bits per heavy atom. The molecular weight excluding hydrogens is 281 g/mol. The fraction of sp³-hybridized carbons (Fsp3) is 0.0769. The third-order valence-electron chi connectivity index (χ3n) is 2.24. The summed E-state index contributed by atoms with van der Waals surface area (Å²) >= 11 is 1.42. The summed E-state index contributed by atoms with van der Waals surface area (Å²) in [6.45, 7) is -0.303. The van der Waals surface area contributed by atoms with Crippen molar-refractivity contribution in [2.24, 2.45) is 10.9 Å². The Hall–Kier alpha value is -2.41. The van der Waals surface area contributed by atoms with E-state index in [0.717, 1.165) is 4.88 Å². The van der Waals surface area contributed by atoms with Crippen LogP contribution in [0, 0.1) is 5.82 Å². The number of benzene rings is 1. The van der Waals surface area contributed by atoms with Crippen LogP contribution in [0.15, 0.2) is 46.9 Å². The Morgan fingerprint density at radius 2 is 2.25 bits per heavy atom. The van der Waals surface area contributed by atoms with E-state index in [4.69, 9.17) is 10.6 Å². The minimum atomic E-state index is -0.446. The average Bonchev–Trinajstić information content (AvgIpc) is 2.92. The Balaban J connectivity index is 1.82. The van der Waals surface area contributed by atoms with E-state index in [1.165, 1.54) is 29.5 Å². The molecule has 20 heavy (non-hydrogen) atoms. The van der Waals surface area contributed by atoms with Gasteiger partial charge in [0.2, 0.25) is 0 Å². The number of oxime groups is 1. The van der Waals surface area contributed by atoms with Gasteiger partial charge < -0.3 is 15.9 Å². The molecule has 0 spiro atoms. The normalized spacial score (nSPS) is 11.2. The molecule has 3 N–H and O–H groups in total. The third kappa shape index (κ3) is 4.06. The van der Waals surface area contributed by atoms with Crippen molar-refractivity contribution in [1.82, 2.24) is 0 Å². The van der Waals surface area contributed by atoms with Crippen LogP contribution < -0.4 is 11.1 Å². The lowest BCUT2D eigenvalue weighted by molar-refractivity contribution is -0.120. The van der Waals surface area contributed by atoms with Crippen LogP contribution in [0.4, 0.5) is 10.1 Å². The number of amides is 1. The van der Waals surface area contributed by atoms with Gasteiger partial charge in [0.15, 0.2) is 12.4 Å². The summed E-state index contributed by atoms with van der Waals surface area (Å²) < 4.78 is 12.9. The Kier molecular flexibility index (Phi) is 4.67. The molecule has 0 saturated carbocycles. The highest BCUT2D eigenvalue weighted by molar-refractivity contribution is 7.12. The minimum Gasteiger partial charge on any atom is -0.384 e. The number of rotatable bonds is 5. The van der Waals surface area contributed by atoms with Gasteiger partial charge in [-0.3, -0.25) is 4.79 Å². The summed E-state index contributed by atoms with van der Waals surface area (Å²) in [5, 5.41) is 7.97. The number of amidine groups is 1. The first-order valence-electron chi connectivity index (χ1n) is 5.70. The van der Waals surface area contributed by atoms with Gasteiger partial charge in [-0.1, -0.05) is 17.3 Å². The second-order valence-electron chi connectivity index (χ2n) is 3.79. The van der Waals surface area contributed by atoms with E-state index in [-0.39, 0.29) is 12.4 Å². The first-order chi connectivity index (χ1) is 9.65. The summed E-state index contributed by atoms with van der Waals surface area (Å²) in [7, 11) is 0. The summed E-state index contributed by atoms with van der Waals surface area (Å²) in [6, 6.07) is 9.20. The van der Waals surface area contributed by atoms with E-state index in [2.05, 4.69) is 10.5 Å². The number of carbonyl (C=O) groups is 1. The topological polar surface area (TPSA) is 76.7 Å². The monoisotopic (exact) mass is 293 g/mol. The highest BCUT2D eigenvalue weighted by Gasteiger charge is 2.04. The molecule has 0 saturated heterocycles. The number of thiophene rings is 1. The third-order valence-corrected chi connectivity index (χ3v) is 3.13. The molecule has 5 nitrogen and oxygen atoms in total. The molecule has 1 amide bonds. The van der Waals surface area contributed by atoms with Crippen LogP contribution in [0.1, 0.15) is 4.88 Å². The fourth-order valence-corrected chi connectivity index (χ4v) is 2.01. The molecule has 0 aliphatic carbocycles. The van der Waals surface area contributed by atoms with Gasteiger partial charge in [-0.15, -0.1) is 11.3 Å². The SMILES string of the molecule is NC(=NOCC(=O)Nc1cccc(F)c1)c1cccs1. The van der Waals surface area contributed by atoms with Gasteiger partial charge >= 0.3 is 0 Å². The van der Waals surface area contributed by atoms with E-state index in [1.54, 1.807) is 12.1 Å². The van der Waals surface area contributed by atoms with Gasteiger partial charge in [-0.25, -0.2) is 4.39 Å². The van der Waals surface area contributed by atoms with Crippen LogP contribution in [0.2, 0.25) is 0 Å². The molecular formula is C13H12FN3O2S. The predicted molar refractivity (Wildman–Crippen MR) is 76.0 cm³/mol. The number of nitrogens with two attached hydrogens (primary N) is 1. The van der Waals surface area contributed by atoms with Crippen molar-refractivity contribution in [3.63, 3.8) is 0 Å². The molecule has 0 bridgehead atoms. The van der Waals surface area contributed by atoms with Gasteiger partial charge in [0.1, 0.15) is 5.82 Å². The van der Waals surface area contributed by atoms with Crippen molar-refractivity contribution < 1.29 is 14.0 Å². The van der Waals surface area contributed by atoms with Crippen molar-refractivity contribution >= 4 is 28.8 Å². The molecule has 1 aromatic carbocycles. The first-order valence-corrected chi connectivity index (χ1v) is 6.58. The summed E-state index contributed by atoms with van der Waals surface area (Å²) in [5.74, 6) is -0.666. The number of halogens is 1. The van der Waals surface area contributed by atoms with Crippen LogP contribution in [0.5, 0.6) is 0 Å². The molecule has 0 aliphatic heterocycles. The molecule has 0 aliphatic rings. The molecule has 0 atom stereocenters. The van der Waals surface area contributed by atoms with Crippen LogP contribution in [0.3, 0.4) is 0 Å². The number of nitrogens with zero attached hydrogens (tertiary/aromatic N) is 1. The van der Waals surface area contributed by atoms with E-state index in [0.29, 0.717) is 5.69 Å². The maximum Gasteiger partial charge on any atom is 0.265 e. The maximum absolute atomic E-state index is 12.9. The molecule has 104 valence electrons. The molecule has 0 unspecified atom stereocenters. The highest BCUT2D eigenvalue weighted by Crippen LogP contribution is 2.09. The van der Waals surface area contributed by atoms with Crippen molar-refractivity contribution in [3.8, 4) is 0 Å². The van der Waals surface area contributed by atoms with Crippen molar-refractivity contribution in [3.05, 3.63) is 52.5 Å². The number of hydrogen-bond donors (Lipinski definition) is 2. The Labute approximate surface area is 118 Å². The van der Waals surface area contributed by atoms with Crippen LogP contribution in [0.25, 0.3) is 0 Å². The predicted octanol–water partition coefficient (Wildman–Crippen LogP) is 2.16. The quantitative estimate of drug-likeness (QED) is 0.504. The van der Waals surface area contributed by atoms with E-state index >= 15 is 0 Å². The zero-order valence-electron chi connectivity index (χ0n) is 10.4. The lowest BCUT2D eigenvalue weighted by atomic mass is 10.3. The first kappa shape index (κ1) is 14.0. The van der Waals surface area contributed by atoms with Gasteiger partial charge in [0.05, 0.1) is 4.88 Å². The van der Waals surface area contributed by atoms with Crippen LogP contribution >= 0.6 is 11.3 Å². The van der Waals surface area contributed by atoms with Crippen LogP contribution in [-0.4, -0.2) is 18.3 Å². The lowest BCUT2D eigenvalue weighted by Crippen LogP contribution is -2.19. The lowest BCUT2D eigenvalue weighted by Gasteiger charge is -2.04. The number of hydrogen-bond acceptors (Lipinski definition) is 4. The van der Waals surface area contributed by atoms with Gasteiger partial charge in [-0.05, 0) is 29.6 Å². The summed E-state index contributed by atoms with van der Waals surface area (Å²) in [5.41, 5.74) is 6.01. The largest absolute Gasteiger partial charge is 0.384 e. The molecule has 0 fully saturated rings. The minimum absolute atomic E-state index is 0.207. The summed E-state index contributed by atoms with van der Waals surface area (Å²) in [4.78, 5) is 17.1. The fourth-order valence-electron chi connectivity index (χ4n) is 1.39. The van der Waals surface area contributed by atoms with E-state index in [1.807, 2.05) is 11.4 Å². The summed E-state index contributed by atoms with van der Waals surface area (Å²) in [6.07, 6.45) is 0. The molecule has 2 rings (SSSR count). The molecule has 1 heterocycles. The maximum atomic E-state index is 12.9. The molecule has 2 aromatic rings. The smallest absolute Gasteiger partial charge is 0.265 e. The van der Waals surface area contributed by atoms with Gasteiger partial charge in [0, 0.05) is 5.69 Å². The molecule has 0 radical (unpaired) electrons. The second-order valence-corrected chi connectivity index (χ2v) is 4.73. The van der Waals surface area contributed by atoms with Crippen molar-refractivity contribution in [2.45, 2.75) is 0 Å². The molecule has 1 aromatic heterocycles. The van der Waals surface area contributed by atoms with Crippen molar-refractivity contribution in [1.29, 1.82) is 0 Å². The number of anilines is 1. The average molecular weight is 293 g/mol. The standard InChI is InChI=1S/C13H12FN3O2S/c14-9-3-1-4-10(7-9)16-12(18)8-19-17-13(15)11-5-2-6-20-11/h1-7H,8H2,(H2,15,17)(H,16,18). The zero-order valence-corrected chi connectivity index (χ0v) is 11.2. The van der Waals surface area contributed by atoms with Crippen molar-refractivity contribution in [2.75, 3.05) is 11.9 Å².